The Morgan fingerprint density at radius 2 is 2.11 bits per heavy atom. The van der Waals surface area contributed by atoms with E-state index in [1.807, 2.05) is 11.3 Å². The van der Waals surface area contributed by atoms with Gasteiger partial charge in [0.25, 0.3) is 0 Å². The maximum Gasteiger partial charge on any atom is 0.0512 e. The van der Waals surface area contributed by atoms with Crippen LogP contribution in [0.25, 0.3) is 0 Å². The van der Waals surface area contributed by atoms with Crippen LogP contribution in [0, 0.1) is 5.92 Å². The van der Waals surface area contributed by atoms with Crippen molar-refractivity contribution in [3.05, 3.63) is 21.4 Å². The van der Waals surface area contributed by atoms with Crippen LogP contribution in [0.5, 0.6) is 0 Å². The maximum atomic E-state index is 6.45. The fraction of sp³-hybridized carbons (Fsp3) is 0.733. The van der Waals surface area contributed by atoms with Crippen LogP contribution in [0.1, 0.15) is 53.5 Å². The van der Waals surface area contributed by atoms with Crippen LogP contribution >= 0.6 is 11.3 Å². The van der Waals surface area contributed by atoms with Crippen molar-refractivity contribution in [3.63, 3.8) is 0 Å². The predicted molar refractivity (Wildman–Crippen MR) is 76.0 cm³/mol. The Balaban J connectivity index is 1.75. The first-order chi connectivity index (χ1) is 8.84. The number of hydrogen-bond donors (Lipinski definition) is 1. The van der Waals surface area contributed by atoms with E-state index in [2.05, 4.69) is 6.07 Å². The molecule has 2 aliphatic rings. The number of nitrogens with two attached hydrogens (primary N) is 1. The number of thiophene rings is 1. The lowest BCUT2D eigenvalue weighted by molar-refractivity contribution is 0.0452. The van der Waals surface area contributed by atoms with Crippen LogP contribution in [0.15, 0.2) is 6.07 Å². The van der Waals surface area contributed by atoms with E-state index >= 15 is 0 Å². The molecule has 2 nitrogen and oxygen atoms in total. The number of aryl methyl sites for hydroxylation is 2. The number of ether oxygens (including phenoxy) is 1. The van der Waals surface area contributed by atoms with Crippen LogP contribution < -0.4 is 5.73 Å². The van der Waals surface area contributed by atoms with E-state index in [4.69, 9.17) is 10.5 Å². The van der Waals surface area contributed by atoms with Gasteiger partial charge in [-0.25, -0.2) is 0 Å². The fourth-order valence-electron chi connectivity index (χ4n) is 3.14. The van der Waals surface area contributed by atoms with Gasteiger partial charge in [-0.1, -0.05) is 6.42 Å². The summed E-state index contributed by atoms with van der Waals surface area (Å²) in [4.78, 5) is 3.01. The molecule has 0 saturated carbocycles. The Morgan fingerprint density at radius 3 is 2.94 bits per heavy atom. The third-order valence-corrected chi connectivity index (χ3v) is 5.64. The van der Waals surface area contributed by atoms with Gasteiger partial charge in [0, 0.05) is 28.3 Å². The number of rotatable bonds is 2. The van der Waals surface area contributed by atoms with Gasteiger partial charge in [-0.05, 0) is 50.2 Å². The highest BCUT2D eigenvalue weighted by Gasteiger charge is 2.25. The van der Waals surface area contributed by atoms with Gasteiger partial charge in [0.05, 0.1) is 6.61 Å². The average Bonchev–Trinajstić information content (AvgIpc) is 2.70. The minimum absolute atomic E-state index is 0.197. The van der Waals surface area contributed by atoms with Crippen LogP contribution in [0.4, 0.5) is 0 Å². The summed E-state index contributed by atoms with van der Waals surface area (Å²) >= 11 is 1.97. The first kappa shape index (κ1) is 12.6. The van der Waals surface area contributed by atoms with Crippen molar-refractivity contribution in [2.24, 2.45) is 11.7 Å². The molecular weight excluding hydrogens is 242 g/mol. The van der Waals surface area contributed by atoms with Crippen molar-refractivity contribution >= 4 is 11.3 Å². The molecule has 0 radical (unpaired) electrons. The van der Waals surface area contributed by atoms with E-state index in [9.17, 15) is 0 Å². The van der Waals surface area contributed by atoms with E-state index in [0.717, 1.165) is 13.2 Å². The molecule has 1 aromatic heterocycles. The molecule has 18 heavy (non-hydrogen) atoms. The van der Waals surface area contributed by atoms with Crippen LogP contribution in [0.3, 0.4) is 0 Å². The summed E-state index contributed by atoms with van der Waals surface area (Å²) < 4.78 is 5.57. The topological polar surface area (TPSA) is 35.2 Å². The van der Waals surface area contributed by atoms with Gasteiger partial charge in [-0.2, -0.15) is 0 Å². The average molecular weight is 265 g/mol. The summed E-state index contributed by atoms with van der Waals surface area (Å²) in [5.74, 6) is 0.529. The first-order valence-electron chi connectivity index (χ1n) is 7.29. The highest BCUT2D eigenvalue weighted by atomic mass is 32.1. The zero-order chi connectivity index (χ0) is 12.4. The molecule has 1 fully saturated rings. The van der Waals surface area contributed by atoms with Gasteiger partial charge in [-0.3, -0.25) is 0 Å². The number of fused-ring (bicyclic) bond motifs is 1. The molecule has 100 valence electrons. The van der Waals surface area contributed by atoms with E-state index in [0.29, 0.717) is 5.92 Å². The van der Waals surface area contributed by atoms with Gasteiger partial charge in [-0.15, -0.1) is 11.3 Å². The molecule has 1 aliphatic heterocycles. The van der Waals surface area contributed by atoms with Crippen molar-refractivity contribution in [2.75, 3.05) is 13.2 Å². The second-order valence-electron chi connectivity index (χ2n) is 5.66. The smallest absolute Gasteiger partial charge is 0.0512 e. The van der Waals surface area contributed by atoms with Gasteiger partial charge < -0.3 is 10.5 Å². The summed E-state index contributed by atoms with van der Waals surface area (Å²) in [5, 5.41) is 0. The summed E-state index contributed by atoms with van der Waals surface area (Å²) in [6, 6.07) is 2.59. The van der Waals surface area contributed by atoms with Crippen molar-refractivity contribution in [2.45, 2.75) is 51.0 Å². The van der Waals surface area contributed by atoms with Crippen LogP contribution in [0.2, 0.25) is 0 Å². The molecule has 3 heteroatoms. The molecule has 3 rings (SSSR count). The summed E-state index contributed by atoms with van der Waals surface area (Å²) in [5.41, 5.74) is 8.03. The quantitative estimate of drug-likeness (QED) is 0.831. The molecule has 0 aromatic carbocycles. The van der Waals surface area contributed by atoms with Gasteiger partial charge in [0.2, 0.25) is 0 Å². The molecule has 2 heterocycles. The zero-order valence-corrected chi connectivity index (χ0v) is 11.8. The lowest BCUT2D eigenvalue weighted by Crippen LogP contribution is -2.28. The molecular formula is C15H23NOS. The molecule has 2 N–H and O–H groups in total. The third kappa shape index (κ3) is 2.63. The van der Waals surface area contributed by atoms with Crippen LogP contribution in [-0.4, -0.2) is 13.2 Å². The Kier molecular flexibility index (Phi) is 4.02. The van der Waals surface area contributed by atoms with Gasteiger partial charge in [0.1, 0.15) is 0 Å². The van der Waals surface area contributed by atoms with Crippen molar-refractivity contribution in [1.82, 2.24) is 0 Å². The minimum Gasteiger partial charge on any atom is -0.381 e. The predicted octanol–water partition coefficient (Wildman–Crippen LogP) is 3.44. The van der Waals surface area contributed by atoms with Crippen LogP contribution in [-0.2, 0) is 17.6 Å². The SMILES string of the molecule is NC(c1cc2c(s1)CCCCC2)C1CCCOC1. The monoisotopic (exact) mass is 265 g/mol. The largest absolute Gasteiger partial charge is 0.381 e. The van der Waals surface area contributed by atoms with Gasteiger partial charge >= 0.3 is 0 Å². The fourth-order valence-corrected chi connectivity index (χ4v) is 4.49. The third-order valence-electron chi connectivity index (χ3n) is 4.30. The number of hydrogen-bond acceptors (Lipinski definition) is 3. The van der Waals surface area contributed by atoms with Gasteiger partial charge in [0.15, 0.2) is 0 Å². The minimum atomic E-state index is 0.197. The molecule has 0 bridgehead atoms. The van der Waals surface area contributed by atoms with E-state index in [1.165, 1.54) is 49.8 Å². The Morgan fingerprint density at radius 1 is 1.22 bits per heavy atom. The highest BCUT2D eigenvalue weighted by molar-refractivity contribution is 7.12. The molecule has 0 spiro atoms. The maximum absolute atomic E-state index is 6.45. The molecule has 2 unspecified atom stereocenters. The second kappa shape index (κ2) is 5.72. The molecule has 1 aromatic rings. The van der Waals surface area contributed by atoms with Crippen molar-refractivity contribution < 1.29 is 4.74 Å². The first-order valence-corrected chi connectivity index (χ1v) is 8.11. The Bertz CT molecular complexity index is 372. The highest BCUT2D eigenvalue weighted by Crippen LogP contribution is 2.35. The molecule has 2 atom stereocenters. The Labute approximate surface area is 114 Å². The summed E-state index contributed by atoms with van der Waals surface area (Å²) in [7, 11) is 0. The second-order valence-corrected chi connectivity index (χ2v) is 6.83. The molecule has 0 amide bonds. The summed E-state index contributed by atoms with van der Waals surface area (Å²) in [6.07, 6.45) is 9.03. The Hall–Kier alpha value is -0.380. The zero-order valence-electron chi connectivity index (χ0n) is 11.0. The van der Waals surface area contributed by atoms with E-state index in [-0.39, 0.29) is 6.04 Å². The van der Waals surface area contributed by atoms with Crippen molar-refractivity contribution in [3.8, 4) is 0 Å². The van der Waals surface area contributed by atoms with E-state index < -0.39 is 0 Å². The lowest BCUT2D eigenvalue weighted by Gasteiger charge is -2.26. The molecule has 1 saturated heterocycles. The van der Waals surface area contributed by atoms with E-state index in [1.54, 1.807) is 10.4 Å². The standard InChI is InChI=1S/C15H23NOS/c16-15(12-6-4-8-17-10-12)14-9-11-5-2-1-3-7-13(11)18-14/h9,12,15H,1-8,10,16H2. The molecule has 1 aliphatic carbocycles. The normalized spacial score (nSPS) is 26.4. The van der Waals surface area contributed by atoms with Crippen molar-refractivity contribution in [1.29, 1.82) is 0 Å². The summed E-state index contributed by atoms with van der Waals surface area (Å²) in [6.45, 7) is 1.77. The lowest BCUT2D eigenvalue weighted by atomic mass is 9.93.